The van der Waals surface area contributed by atoms with E-state index in [0.29, 0.717) is 16.3 Å². The summed E-state index contributed by atoms with van der Waals surface area (Å²) in [6, 6.07) is 13.9. The Labute approximate surface area is 156 Å². The molecule has 134 valence electrons. The van der Waals surface area contributed by atoms with Crippen molar-refractivity contribution in [1.29, 1.82) is 0 Å². The number of ketones is 1. The molecule has 1 aliphatic heterocycles. The van der Waals surface area contributed by atoms with Gasteiger partial charge in [-0.3, -0.25) is 14.4 Å². The van der Waals surface area contributed by atoms with Gasteiger partial charge in [0.25, 0.3) is 0 Å². The predicted octanol–water partition coefficient (Wildman–Crippen LogP) is 3.64. The maximum atomic E-state index is 12.3. The maximum absolute atomic E-state index is 12.3. The van der Waals surface area contributed by atoms with E-state index in [4.69, 9.17) is 16.3 Å². The van der Waals surface area contributed by atoms with Crippen molar-refractivity contribution in [2.45, 2.75) is 20.0 Å². The number of amides is 1. The van der Waals surface area contributed by atoms with Crippen LogP contribution in [0.2, 0.25) is 5.02 Å². The van der Waals surface area contributed by atoms with Crippen molar-refractivity contribution in [2.24, 2.45) is 5.92 Å². The summed E-state index contributed by atoms with van der Waals surface area (Å²) in [5.41, 5.74) is 2.08. The quantitative estimate of drug-likeness (QED) is 0.594. The van der Waals surface area contributed by atoms with Crippen molar-refractivity contribution in [3.8, 4) is 0 Å². The fourth-order valence-corrected chi connectivity index (χ4v) is 3.05. The molecule has 0 bridgehead atoms. The van der Waals surface area contributed by atoms with Gasteiger partial charge in [0.1, 0.15) is 6.61 Å². The minimum absolute atomic E-state index is 0.0147. The van der Waals surface area contributed by atoms with Gasteiger partial charge in [0.15, 0.2) is 5.78 Å². The molecule has 0 radical (unpaired) electrons. The highest BCUT2D eigenvalue weighted by atomic mass is 35.5. The molecular weight excluding hydrogens is 354 g/mol. The molecule has 0 saturated carbocycles. The molecule has 1 saturated heterocycles. The van der Waals surface area contributed by atoms with Crippen LogP contribution < -0.4 is 4.90 Å². The van der Waals surface area contributed by atoms with E-state index >= 15 is 0 Å². The van der Waals surface area contributed by atoms with E-state index in [1.54, 1.807) is 53.4 Å². The van der Waals surface area contributed by atoms with Gasteiger partial charge >= 0.3 is 5.97 Å². The lowest BCUT2D eigenvalue weighted by Gasteiger charge is -2.16. The van der Waals surface area contributed by atoms with Crippen molar-refractivity contribution in [3.63, 3.8) is 0 Å². The summed E-state index contributed by atoms with van der Waals surface area (Å²) in [6.45, 7) is 1.89. The van der Waals surface area contributed by atoms with Gasteiger partial charge in [-0.1, -0.05) is 41.9 Å². The van der Waals surface area contributed by atoms with Crippen LogP contribution in [0.5, 0.6) is 0 Å². The normalized spacial score (nSPS) is 16.6. The third kappa shape index (κ3) is 4.11. The van der Waals surface area contributed by atoms with Crippen LogP contribution in [0.1, 0.15) is 29.3 Å². The van der Waals surface area contributed by atoms with Gasteiger partial charge in [-0.25, -0.2) is 0 Å². The van der Waals surface area contributed by atoms with Gasteiger partial charge in [-0.2, -0.15) is 0 Å². The number of anilines is 1. The summed E-state index contributed by atoms with van der Waals surface area (Å²) in [7, 11) is 0. The Morgan fingerprint density at radius 3 is 2.58 bits per heavy atom. The third-order valence-corrected chi connectivity index (χ3v) is 4.55. The second kappa shape index (κ2) is 7.70. The number of nitrogens with zero attached hydrogens (tertiary/aromatic N) is 1. The van der Waals surface area contributed by atoms with Gasteiger partial charge in [0.05, 0.1) is 5.92 Å². The molecular formula is C20H18ClNO4. The summed E-state index contributed by atoms with van der Waals surface area (Å²) in [5.74, 6) is -1.05. The Hall–Kier alpha value is -2.66. The van der Waals surface area contributed by atoms with Crippen molar-refractivity contribution in [1.82, 2.24) is 0 Å². The molecule has 3 rings (SSSR count). The minimum Gasteiger partial charge on any atom is -0.461 e. The number of benzene rings is 2. The van der Waals surface area contributed by atoms with Gasteiger partial charge in [-0.05, 0) is 30.7 Å². The van der Waals surface area contributed by atoms with E-state index in [9.17, 15) is 14.4 Å². The molecule has 26 heavy (non-hydrogen) atoms. The van der Waals surface area contributed by atoms with Crippen molar-refractivity contribution in [3.05, 3.63) is 64.7 Å². The Morgan fingerprint density at radius 1 is 1.19 bits per heavy atom. The number of halogens is 1. The molecule has 0 unspecified atom stereocenters. The van der Waals surface area contributed by atoms with E-state index in [2.05, 4.69) is 0 Å². The van der Waals surface area contributed by atoms with E-state index in [-0.39, 0.29) is 31.3 Å². The largest absolute Gasteiger partial charge is 0.461 e. The second-order valence-corrected chi connectivity index (χ2v) is 6.68. The smallest absolute Gasteiger partial charge is 0.311 e. The Bertz CT molecular complexity index is 847. The number of carbonyl (C=O) groups excluding carboxylic acids is 3. The van der Waals surface area contributed by atoms with Gasteiger partial charge in [0, 0.05) is 29.2 Å². The van der Waals surface area contributed by atoms with Crippen LogP contribution in [-0.4, -0.2) is 24.2 Å². The summed E-state index contributed by atoms with van der Waals surface area (Å²) in [5, 5.41) is 0.537. The molecule has 0 aliphatic carbocycles. The molecule has 0 N–H and O–H groups in total. The lowest BCUT2D eigenvalue weighted by molar-refractivity contribution is -0.149. The molecule has 2 aromatic rings. The zero-order valence-corrected chi connectivity index (χ0v) is 15.0. The molecule has 1 aliphatic rings. The molecule has 0 aromatic heterocycles. The monoisotopic (exact) mass is 371 g/mol. The van der Waals surface area contributed by atoms with E-state index in [1.807, 2.05) is 0 Å². The zero-order chi connectivity index (χ0) is 18.7. The number of hydrogen-bond donors (Lipinski definition) is 0. The summed E-state index contributed by atoms with van der Waals surface area (Å²) < 4.78 is 5.34. The van der Waals surface area contributed by atoms with Crippen LogP contribution in [0.15, 0.2) is 48.5 Å². The third-order valence-electron chi connectivity index (χ3n) is 4.32. The second-order valence-electron chi connectivity index (χ2n) is 6.25. The first-order valence-electron chi connectivity index (χ1n) is 8.26. The van der Waals surface area contributed by atoms with Crippen LogP contribution >= 0.6 is 11.6 Å². The predicted molar refractivity (Wildman–Crippen MR) is 98.2 cm³/mol. The summed E-state index contributed by atoms with van der Waals surface area (Å²) in [4.78, 5) is 37.3. The zero-order valence-electron chi connectivity index (χ0n) is 14.3. The van der Waals surface area contributed by atoms with Gasteiger partial charge < -0.3 is 9.64 Å². The lowest BCUT2D eigenvalue weighted by Crippen LogP contribution is -2.26. The highest BCUT2D eigenvalue weighted by Crippen LogP contribution is 2.27. The number of esters is 1. The van der Waals surface area contributed by atoms with E-state index in [1.165, 1.54) is 6.92 Å². The standard InChI is InChI=1S/C20H18ClNO4/c1-13(23)15-7-5-14(6-8-15)12-26-20(25)16-9-19(24)22(11-16)18-4-2-3-17(21)10-18/h2-8,10,16H,9,11-12H2,1H3/t16-/m1/s1. The first-order valence-corrected chi connectivity index (χ1v) is 8.64. The summed E-state index contributed by atoms with van der Waals surface area (Å²) >= 11 is 5.97. The van der Waals surface area contributed by atoms with Crippen LogP contribution in [0.4, 0.5) is 5.69 Å². The molecule has 1 fully saturated rings. The average molecular weight is 372 g/mol. The van der Waals surface area contributed by atoms with Crippen molar-refractivity contribution >= 4 is 34.9 Å². The van der Waals surface area contributed by atoms with Crippen LogP contribution in [0.3, 0.4) is 0 Å². The molecule has 1 amide bonds. The fraction of sp³-hybridized carbons (Fsp3) is 0.250. The molecule has 5 nitrogen and oxygen atoms in total. The highest BCUT2D eigenvalue weighted by Gasteiger charge is 2.36. The van der Waals surface area contributed by atoms with Gasteiger partial charge in [0.2, 0.25) is 5.91 Å². The summed E-state index contributed by atoms with van der Waals surface area (Å²) in [6.07, 6.45) is 0.120. The Morgan fingerprint density at radius 2 is 1.92 bits per heavy atom. The Balaban J connectivity index is 1.58. The number of Topliss-reactive ketones (excluding diaryl/α,β-unsaturated/α-hetero) is 1. The van der Waals surface area contributed by atoms with Crippen molar-refractivity contribution < 1.29 is 19.1 Å². The fourth-order valence-electron chi connectivity index (χ4n) is 2.87. The van der Waals surface area contributed by atoms with Crippen molar-refractivity contribution in [2.75, 3.05) is 11.4 Å². The number of hydrogen-bond acceptors (Lipinski definition) is 4. The molecule has 6 heteroatoms. The first kappa shape index (κ1) is 18.1. The average Bonchev–Trinajstić information content (AvgIpc) is 3.02. The Kier molecular flexibility index (Phi) is 5.38. The van der Waals surface area contributed by atoms with Crippen LogP contribution in [0.25, 0.3) is 0 Å². The first-order chi connectivity index (χ1) is 12.4. The number of carbonyl (C=O) groups is 3. The SMILES string of the molecule is CC(=O)c1ccc(COC(=O)[C@@H]2CC(=O)N(c3cccc(Cl)c3)C2)cc1. The van der Waals surface area contributed by atoms with Gasteiger partial charge in [-0.15, -0.1) is 0 Å². The maximum Gasteiger partial charge on any atom is 0.311 e. The van der Waals surface area contributed by atoms with Crippen LogP contribution in [0, 0.1) is 5.92 Å². The van der Waals surface area contributed by atoms with Crippen LogP contribution in [-0.2, 0) is 20.9 Å². The van der Waals surface area contributed by atoms with E-state index < -0.39 is 11.9 Å². The molecule has 1 heterocycles. The molecule has 2 aromatic carbocycles. The lowest BCUT2D eigenvalue weighted by atomic mass is 10.1. The topological polar surface area (TPSA) is 63.7 Å². The van der Waals surface area contributed by atoms with E-state index in [0.717, 1.165) is 5.56 Å². The number of rotatable bonds is 5. The highest BCUT2D eigenvalue weighted by molar-refractivity contribution is 6.31. The minimum atomic E-state index is -0.502. The molecule has 0 spiro atoms. The number of ether oxygens (including phenoxy) is 1. The molecule has 1 atom stereocenters.